The molecular weight excluding hydrogens is 485 g/mol. The number of likely N-dealkylation sites (N-methyl/N-ethyl adjacent to an activating group) is 1. The number of nitrogens with zero attached hydrogens (tertiary/aromatic N) is 3. The zero-order valence-electron chi connectivity index (χ0n) is 17.6. The number of hydrogen-bond acceptors (Lipinski definition) is 4. The van der Waals surface area contributed by atoms with Crippen LogP contribution in [0.2, 0.25) is 0 Å². The second-order valence-corrected chi connectivity index (χ2v) is 8.81. The Hall–Kier alpha value is -0.870. The van der Waals surface area contributed by atoms with Crippen molar-refractivity contribution < 1.29 is 4.79 Å². The number of aliphatic imine (C=N–C) groups is 1. The average molecular weight is 522 g/mol. The molecule has 28 heavy (non-hydrogen) atoms. The Labute approximate surface area is 191 Å². The maximum Gasteiger partial charge on any atom is 0.243 e. The van der Waals surface area contributed by atoms with Crippen molar-refractivity contribution in [2.75, 3.05) is 46.8 Å². The van der Waals surface area contributed by atoms with E-state index in [0.717, 1.165) is 32.0 Å². The Morgan fingerprint density at radius 3 is 2.82 bits per heavy atom. The number of rotatable bonds is 9. The van der Waals surface area contributed by atoms with Gasteiger partial charge in [0.05, 0.1) is 0 Å². The summed E-state index contributed by atoms with van der Waals surface area (Å²) in [5.74, 6) is 1.43. The first-order valence-electron chi connectivity index (χ1n) is 9.94. The summed E-state index contributed by atoms with van der Waals surface area (Å²) in [5, 5.41) is 8.96. The minimum atomic E-state index is 0. The van der Waals surface area contributed by atoms with Gasteiger partial charge < -0.3 is 15.5 Å². The predicted molar refractivity (Wildman–Crippen MR) is 130 cm³/mol. The minimum absolute atomic E-state index is 0. The van der Waals surface area contributed by atoms with Gasteiger partial charge in [0.15, 0.2) is 5.96 Å². The number of hydrogen-bond donors (Lipinski definition) is 2. The average Bonchev–Trinajstić information content (AvgIpc) is 3.28. The van der Waals surface area contributed by atoms with Gasteiger partial charge in [0.25, 0.3) is 0 Å². The van der Waals surface area contributed by atoms with E-state index in [0.29, 0.717) is 12.0 Å². The summed E-state index contributed by atoms with van der Waals surface area (Å²) in [4.78, 5) is 21.9. The molecule has 0 bridgehead atoms. The van der Waals surface area contributed by atoms with Crippen LogP contribution in [0.25, 0.3) is 0 Å². The lowest BCUT2D eigenvalue weighted by Crippen LogP contribution is -2.46. The van der Waals surface area contributed by atoms with Gasteiger partial charge in [0.2, 0.25) is 5.91 Å². The van der Waals surface area contributed by atoms with Gasteiger partial charge in [-0.2, -0.15) is 0 Å². The second kappa shape index (κ2) is 13.4. The maximum atomic E-state index is 11.9. The standard InChI is InChI=1S/C20H35N5OS.HI/c1-16(2)15-25-11-5-7-17(25)13-22-20(23-14-19(26)24(3)4)21-10-9-18-8-6-12-27-18;/h6,8,12,16-17H,5,7,9-11,13-15H2,1-4H3,(H2,21,22,23);1H/t17-;/m1./s1. The van der Waals surface area contributed by atoms with Crippen LogP contribution in [-0.4, -0.2) is 74.5 Å². The summed E-state index contributed by atoms with van der Waals surface area (Å²) in [7, 11) is 3.52. The summed E-state index contributed by atoms with van der Waals surface area (Å²) < 4.78 is 0. The molecule has 0 saturated carbocycles. The van der Waals surface area contributed by atoms with Crippen molar-refractivity contribution in [2.45, 2.75) is 39.2 Å². The molecule has 0 unspecified atom stereocenters. The number of halogens is 1. The minimum Gasteiger partial charge on any atom is -0.356 e. The van der Waals surface area contributed by atoms with Crippen molar-refractivity contribution in [3.8, 4) is 0 Å². The zero-order chi connectivity index (χ0) is 19.6. The predicted octanol–water partition coefficient (Wildman–Crippen LogP) is 2.65. The fourth-order valence-electron chi connectivity index (χ4n) is 3.27. The van der Waals surface area contributed by atoms with Crippen molar-refractivity contribution in [1.82, 2.24) is 20.4 Å². The van der Waals surface area contributed by atoms with E-state index in [1.165, 1.54) is 24.3 Å². The van der Waals surface area contributed by atoms with E-state index in [2.05, 4.69) is 51.9 Å². The SMILES string of the molecule is CC(C)CN1CCC[C@@H]1CNC(=NCC(=O)N(C)C)NCCc1cccs1.I. The van der Waals surface area contributed by atoms with Gasteiger partial charge in [-0.05, 0) is 43.2 Å². The molecule has 1 amide bonds. The molecule has 0 radical (unpaired) electrons. The first-order chi connectivity index (χ1) is 13.0. The Morgan fingerprint density at radius 2 is 2.18 bits per heavy atom. The molecule has 0 aromatic carbocycles. The third kappa shape index (κ3) is 9.09. The first kappa shape index (κ1) is 25.2. The number of amides is 1. The summed E-state index contributed by atoms with van der Waals surface area (Å²) >= 11 is 1.77. The van der Waals surface area contributed by atoms with Crippen molar-refractivity contribution >= 4 is 47.2 Å². The molecule has 1 fully saturated rings. The highest BCUT2D eigenvalue weighted by Crippen LogP contribution is 2.17. The molecular formula is C20H36IN5OS. The van der Waals surface area contributed by atoms with E-state index < -0.39 is 0 Å². The zero-order valence-corrected chi connectivity index (χ0v) is 20.8. The van der Waals surface area contributed by atoms with Crippen molar-refractivity contribution in [3.63, 3.8) is 0 Å². The van der Waals surface area contributed by atoms with Crippen LogP contribution < -0.4 is 10.6 Å². The Bertz CT molecular complexity index is 591. The van der Waals surface area contributed by atoms with E-state index in [-0.39, 0.29) is 36.4 Å². The van der Waals surface area contributed by atoms with Crippen LogP contribution in [0.5, 0.6) is 0 Å². The lowest BCUT2D eigenvalue weighted by molar-refractivity contribution is -0.127. The number of guanidine groups is 1. The quantitative estimate of drug-likeness (QED) is 0.298. The van der Waals surface area contributed by atoms with Crippen molar-refractivity contribution in [1.29, 1.82) is 0 Å². The van der Waals surface area contributed by atoms with E-state index >= 15 is 0 Å². The summed E-state index contributed by atoms with van der Waals surface area (Å²) in [6, 6.07) is 4.77. The number of nitrogens with one attached hydrogen (secondary N) is 2. The number of thiophene rings is 1. The molecule has 2 N–H and O–H groups in total. The monoisotopic (exact) mass is 521 g/mol. The van der Waals surface area contributed by atoms with E-state index in [9.17, 15) is 4.79 Å². The van der Waals surface area contributed by atoms with Gasteiger partial charge in [-0.15, -0.1) is 35.3 Å². The van der Waals surface area contributed by atoms with Gasteiger partial charge >= 0.3 is 0 Å². The normalized spacial score (nSPS) is 17.5. The third-order valence-corrected chi connectivity index (χ3v) is 5.66. The lowest BCUT2D eigenvalue weighted by Gasteiger charge is -2.27. The highest BCUT2D eigenvalue weighted by atomic mass is 127. The maximum absolute atomic E-state index is 11.9. The summed E-state index contributed by atoms with van der Waals surface area (Å²) in [5.41, 5.74) is 0. The summed E-state index contributed by atoms with van der Waals surface area (Å²) in [6.07, 6.45) is 3.44. The molecule has 0 spiro atoms. The Morgan fingerprint density at radius 1 is 1.39 bits per heavy atom. The molecule has 1 saturated heterocycles. The van der Waals surface area contributed by atoms with Crippen LogP contribution in [0.1, 0.15) is 31.6 Å². The fraction of sp³-hybridized carbons (Fsp3) is 0.700. The van der Waals surface area contributed by atoms with Gasteiger partial charge in [-0.3, -0.25) is 9.69 Å². The largest absolute Gasteiger partial charge is 0.356 e. The van der Waals surface area contributed by atoms with Crippen LogP contribution in [0.3, 0.4) is 0 Å². The van der Waals surface area contributed by atoms with Gasteiger partial charge in [-0.25, -0.2) is 4.99 Å². The lowest BCUT2D eigenvalue weighted by atomic mass is 10.1. The molecule has 1 aliphatic rings. The van der Waals surface area contributed by atoms with Crippen molar-refractivity contribution in [2.24, 2.45) is 10.9 Å². The Balaban J connectivity index is 0.00000392. The fourth-order valence-corrected chi connectivity index (χ4v) is 3.98. The van der Waals surface area contributed by atoms with Crippen LogP contribution in [0.15, 0.2) is 22.5 Å². The number of carbonyl (C=O) groups is 1. The second-order valence-electron chi connectivity index (χ2n) is 7.77. The van der Waals surface area contributed by atoms with E-state index in [1.54, 1.807) is 30.3 Å². The van der Waals surface area contributed by atoms with Gasteiger partial charge in [-0.1, -0.05) is 19.9 Å². The highest BCUT2D eigenvalue weighted by molar-refractivity contribution is 14.0. The van der Waals surface area contributed by atoms with Crippen LogP contribution in [-0.2, 0) is 11.2 Å². The third-order valence-electron chi connectivity index (χ3n) is 4.72. The molecule has 2 rings (SSSR count). The summed E-state index contributed by atoms with van der Waals surface area (Å²) in [6.45, 7) is 8.72. The van der Waals surface area contributed by atoms with Crippen LogP contribution in [0, 0.1) is 5.92 Å². The van der Waals surface area contributed by atoms with Crippen molar-refractivity contribution in [3.05, 3.63) is 22.4 Å². The molecule has 0 aliphatic carbocycles. The molecule has 1 aliphatic heterocycles. The van der Waals surface area contributed by atoms with Crippen LogP contribution >= 0.6 is 35.3 Å². The van der Waals surface area contributed by atoms with Crippen LogP contribution in [0.4, 0.5) is 0 Å². The van der Waals surface area contributed by atoms with E-state index in [1.807, 2.05) is 0 Å². The molecule has 8 heteroatoms. The molecule has 160 valence electrons. The Kier molecular flexibility index (Phi) is 12.0. The molecule has 1 aromatic heterocycles. The number of carbonyl (C=O) groups excluding carboxylic acids is 1. The highest BCUT2D eigenvalue weighted by Gasteiger charge is 2.24. The molecule has 6 nitrogen and oxygen atoms in total. The molecule has 1 atom stereocenters. The molecule has 2 heterocycles. The smallest absolute Gasteiger partial charge is 0.243 e. The van der Waals surface area contributed by atoms with Gasteiger partial charge in [0.1, 0.15) is 6.54 Å². The first-order valence-corrected chi connectivity index (χ1v) is 10.8. The topological polar surface area (TPSA) is 60.0 Å². The number of likely N-dealkylation sites (tertiary alicyclic amines) is 1. The van der Waals surface area contributed by atoms with E-state index in [4.69, 9.17) is 0 Å². The van der Waals surface area contributed by atoms with Gasteiger partial charge in [0, 0.05) is 44.6 Å². The molecule has 1 aromatic rings.